The second kappa shape index (κ2) is 6.32. The van der Waals surface area contributed by atoms with Crippen LogP contribution in [0.3, 0.4) is 0 Å². The Kier molecular flexibility index (Phi) is 3.79. The largest absolute Gasteiger partial charge is 0.329 e. The third kappa shape index (κ3) is 2.73. The van der Waals surface area contributed by atoms with Gasteiger partial charge in [-0.25, -0.2) is 4.98 Å². The molecular formula is C21H17N3O2S. The molecule has 5 rings (SSSR count). The standard InChI is InChI=1S/C21H17N3O2S/c25-19-12-14(13-6-1-2-7-15(13)22-19)21(26)24-11-5-9-17(24)20-23-16-8-3-4-10-18(16)27-20/h1-4,6-8,10,12,17H,5,9,11H2,(H,22,25). The van der Waals surface area contributed by atoms with Crippen LogP contribution >= 0.6 is 11.3 Å². The van der Waals surface area contributed by atoms with Gasteiger partial charge in [-0.2, -0.15) is 0 Å². The number of likely N-dealkylation sites (tertiary alicyclic amines) is 1. The van der Waals surface area contributed by atoms with Crippen molar-refractivity contribution < 1.29 is 4.79 Å². The zero-order valence-corrected chi connectivity index (χ0v) is 15.3. The Bertz CT molecular complexity index is 1190. The van der Waals surface area contributed by atoms with Gasteiger partial charge in [-0.3, -0.25) is 9.59 Å². The number of para-hydroxylation sites is 2. The molecule has 1 saturated heterocycles. The van der Waals surface area contributed by atoms with Gasteiger partial charge < -0.3 is 9.88 Å². The fraction of sp³-hybridized carbons (Fsp3) is 0.190. The average molecular weight is 375 g/mol. The second-order valence-corrected chi connectivity index (χ2v) is 7.83. The van der Waals surface area contributed by atoms with Gasteiger partial charge in [0.2, 0.25) is 5.56 Å². The molecule has 1 N–H and O–H groups in total. The maximum absolute atomic E-state index is 13.4. The van der Waals surface area contributed by atoms with Gasteiger partial charge in [0.15, 0.2) is 0 Å². The highest BCUT2D eigenvalue weighted by molar-refractivity contribution is 7.18. The van der Waals surface area contributed by atoms with Gasteiger partial charge in [-0.15, -0.1) is 11.3 Å². The van der Waals surface area contributed by atoms with Crippen LogP contribution in [0.4, 0.5) is 0 Å². The first-order chi connectivity index (χ1) is 13.2. The van der Waals surface area contributed by atoms with Gasteiger partial charge in [0.05, 0.1) is 21.8 Å². The van der Waals surface area contributed by atoms with Gasteiger partial charge >= 0.3 is 0 Å². The Morgan fingerprint density at radius 2 is 1.96 bits per heavy atom. The number of rotatable bonds is 2. The molecule has 6 heteroatoms. The van der Waals surface area contributed by atoms with Gasteiger partial charge in [0.1, 0.15) is 5.01 Å². The van der Waals surface area contributed by atoms with Crippen molar-refractivity contribution >= 4 is 38.4 Å². The number of pyridine rings is 1. The van der Waals surface area contributed by atoms with E-state index in [1.807, 2.05) is 47.4 Å². The van der Waals surface area contributed by atoms with Crippen molar-refractivity contribution in [1.82, 2.24) is 14.9 Å². The minimum atomic E-state index is -0.257. The number of aromatic nitrogens is 2. The first-order valence-electron chi connectivity index (χ1n) is 8.99. The molecule has 2 aromatic carbocycles. The van der Waals surface area contributed by atoms with Crippen LogP contribution < -0.4 is 5.56 Å². The molecular weight excluding hydrogens is 358 g/mol. The van der Waals surface area contributed by atoms with Crippen molar-refractivity contribution in [2.45, 2.75) is 18.9 Å². The SMILES string of the molecule is O=C(c1cc(=O)[nH]c2ccccc12)N1CCCC1c1nc2ccccc2s1. The molecule has 3 heterocycles. The number of H-pyrrole nitrogens is 1. The van der Waals surface area contributed by atoms with Gasteiger partial charge in [-0.05, 0) is 31.0 Å². The summed E-state index contributed by atoms with van der Waals surface area (Å²) in [4.78, 5) is 34.8. The highest BCUT2D eigenvalue weighted by atomic mass is 32.1. The van der Waals surface area contributed by atoms with E-state index in [-0.39, 0.29) is 17.5 Å². The predicted molar refractivity (Wildman–Crippen MR) is 107 cm³/mol. The zero-order valence-electron chi connectivity index (χ0n) is 14.5. The molecule has 134 valence electrons. The summed E-state index contributed by atoms with van der Waals surface area (Å²) in [5, 5.41) is 1.74. The summed E-state index contributed by atoms with van der Waals surface area (Å²) in [6, 6.07) is 16.9. The van der Waals surface area contributed by atoms with E-state index in [0.717, 1.165) is 33.5 Å². The van der Waals surface area contributed by atoms with Crippen molar-refractivity contribution in [3.8, 4) is 0 Å². The number of benzene rings is 2. The molecule has 1 unspecified atom stereocenters. The lowest BCUT2D eigenvalue weighted by Gasteiger charge is -2.23. The maximum atomic E-state index is 13.4. The zero-order chi connectivity index (χ0) is 18.4. The number of aromatic amines is 1. The Hall–Kier alpha value is -2.99. The molecule has 27 heavy (non-hydrogen) atoms. The molecule has 0 radical (unpaired) electrons. The summed E-state index contributed by atoms with van der Waals surface area (Å²) in [6.07, 6.45) is 1.83. The Labute approximate surface area is 159 Å². The minimum Gasteiger partial charge on any atom is -0.329 e. The van der Waals surface area contributed by atoms with Crippen molar-refractivity contribution in [2.75, 3.05) is 6.54 Å². The Balaban J connectivity index is 1.57. The van der Waals surface area contributed by atoms with Crippen molar-refractivity contribution in [3.63, 3.8) is 0 Å². The maximum Gasteiger partial charge on any atom is 0.255 e. The summed E-state index contributed by atoms with van der Waals surface area (Å²) in [7, 11) is 0. The van der Waals surface area contributed by atoms with E-state index in [9.17, 15) is 9.59 Å². The molecule has 0 aliphatic carbocycles. The molecule has 1 amide bonds. The summed E-state index contributed by atoms with van der Waals surface area (Å²) in [5.74, 6) is -0.0981. The lowest BCUT2D eigenvalue weighted by molar-refractivity contribution is 0.0737. The topological polar surface area (TPSA) is 66.1 Å². The fourth-order valence-electron chi connectivity index (χ4n) is 3.84. The van der Waals surface area contributed by atoms with E-state index in [1.165, 1.54) is 6.07 Å². The fourth-order valence-corrected chi connectivity index (χ4v) is 4.95. The first kappa shape index (κ1) is 16.2. The molecule has 0 bridgehead atoms. The molecule has 1 aliphatic heterocycles. The number of fused-ring (bicyclic) bond motifs is 2. The van der Waals surface area contributed by atoms with E-state index in [0.29, 0.717) is 17.6 Å². The number of nitrogens with zero attached hydrogens (tertiary/aromatic N) is 2. The van der Waals surface area contributed by atoms with Crippen LogP contribution in [0.25, 0.3) is 21.1 Å². The Morgan fingerprint density at radius 1 is 1.15 bits per heavy atom. The monoisotopic (exact) mass is 375 g/mol. The number of amides is 1. The van der Waals surface area contributed by atoms with Crippen molar-refractivity contribution in [3.05, 3.63) is 75.5 Å². The van der Waals surface area contributed by atoms with Crippen molar-refractivity contribution in [2.24, 2.45) is 0 Å². The lowest BCUT2D eigenvalue weighted by atomic mass is 10.1. The van der Waals surface area contributed by atoms with Gasteiger partial charge in [0, 0.05) is 23.5 Å². The quantitative estimate of drug-likeness (QED) is 0.573. The second-order valence-electron chi connectivity index (χ2n) is 6.77. The van der Waals surface area contributed by atoms with E-state index < -0.39 is 0 Å². The molecule has 1 aliphatic rings. The molecule has 1 fully saturated rings. The van der Waals surface area contributed by atoms with Gasteiger partial charge in [0.25, 0.3) is 5.91 Å². The number of carbonyl (C=O) groups excluding carboxylic acids is 1. The summed E-state index contributed by atoms with van der Waals surface area (Å²) >= 11 is 1.64. The van der Waals surface area contributed by atoms with E-state index in [1.54, 1.807) is 11.3 Å². The van der Waals surface area contributed by atoms with E-state index in [4.69, 9.17) is 4.98 Å². The van der Waals surface area contributed by atoms with E-state index >= 15 is 0 Å². The summed E-state index contributed by atoms with van der Waals surface area (Å²) in [5.41, 5.74) is 1.86. The number of carbonyl (C=O) groups is 1. The lowest BCUT2D eigenvalue weighted by Crippen LogP contribution is -2.31. The van der Waals surface area contributed by atoms with E-state index in [2.05, 4.69) is 11.1 Å². The Morgan fingerprint density at radius 3 is 2.85 bits per heavy atom. The smallest absolute Gasteiger partial charge is 0.255 e. The molecule has 2 aromatic heterocycles. The highest BCUT2D eigenvalue weighted by Gasteiger charge is 2.33. The van der Waals surface area contributed by atoms with Crippen LogP contribution in [-0.4, -0.2) is 27.3 Å². The van der Waals surface area contributed by atoms with Gasteiger partial charge in [-0.1, -0.05) is 30.3 Å². The number of hydrogen-bond donors (Lipinski definition) is 1. The van der Waals surface area contributed by atoms with Crippen LogP contribution in [0.1, 0.15) is 34.2 Å². The first-order valence-corrected chi connectivity index (χ1v) is 9.81. The number of nitrogens with one attached hydrogen (secondary N) is 1. The van der Waals surface area contributed by atoms with Crippen LogP contribution in [-0.2, 0) is 0 Å². The van der Waals surface area contributed by atoms with Crippen LogP contribution in [0.15, 0.2) is 59.4 Å². The average Bonchev–Trinajstić information content (AvgIpc) is 3.33. The molecule has 1 atom stereocenters. The molecule has 4 aromatic rings. The number of hydrogen-bond acceptors (Lipinski definition) is 4. The molecule has 0 saturated carbocycles. The third-order valence-corrected chi connectivity index (χ3v) is 6.23. The molecule has 0 spiro atoms. The summed E-state index contributed by atoms with van der Waals surface area (Å²) in [6.45, 7) is 0.681. The molecule has 5 nitrogen and oxygen atoms in total. The van der Waals surface area contributed by atoms with Crippen LogP contribution in [0.5, 0.6) is 0 Å². The van der Waals surface area contributed by atoms with Crippen molar-refractivity contribution in [1.29, 1.82) is 0 Å². The summed E-state index contributed by atoms with van der Waals surface area (Å²) < 4.78 is 1.13. The number of thiazole rings is 1. The third-order valence-electron chi connectivity index (χ3n) is 5.09. The minimum absolute atomic E-state index is 0.0343. The predicted octanol–water partition coefficient (Wildman–Crippen LogP) is 4.12. The van der Waals surface area contributed by atoms with Crippen LogP contribution in [0, 0.1) is 0 Å². The highest BCUT2D eigenvalue weighted by Crippen LogP contribution is 2.37. The van der Waals surface area contributed by atoms with Crippen LogP contribution in [0.2, 0.25) is 0 Å². The normalized spacial score (nSPS) is 17.0.